The molecular formula is C16H20N2O3. The number of oxime groups is 1. The summed E-state index contributed by atoms with van der Waals surface area (Å²) in [4.78, 5) is 17.4. The average molecular weight is 288 g/mol. The van der Waals surface area contributed by atoms with Crippen molar-refractivity contribution in [2.24, 2.45) is 5.16 Å². The molecule has 0 spiro atoms. The summed E-state index contributed by atoms with van der Waals surface area (Å²) < 4.78 is 5.13. The minimum atomic E-state index is -0.497. The van der Waals surface area contributed by atoms with E-state index in [1.165, 1.54) is 12.8 Å². The van der Waals surface area contributed by atoms with Gasteiger partial charge in [-0.1, -0.05) is 18.0 Å². The Labute approximate surface area is 124 Å². The first-order valence-corrected chi connectivity index (χ1v) is 7.44. The monoisotopic (exact) mass is 288 g/mol. The minimum Gasteiger partial charge on any atom is -0.497 e. The molecule has 5 nitrogen and oxygen atoms in total. The minimum absolute atomic E-state index is 0.0471. The third-order valence-corrected chi connectivity index (χ3v) is 4.09. The van der Waals surface area contributed by atoms with Gasteiger partial charge in [0.2, 0.25) is 6.10 Å². The lowest BCUT2D eigenvalue weighted by atomic mass is 10.0. The number of rotatable bonds is 4. The maximum absolute atomic E-state index is 12.1. The van der Waals surface area contributed by atoms with Crippen LogP contribution in [0, 0.1) is 0 Å². The van der Waals surface area contributed by atoms with E-state index in [1.54, 1.807) is 7.11 Å². The number of hydrogen-bond acceptors (Lipinski definition) is 4. The van der Waals surface area contributed by atoms with Gasteiger partial charge in [0.25, 0.3) is 5.91 Å². The molecule has 1 aromatic carbocycles. The van der Waals surface area contributed by atoms with E-state index >= 15 is 0 Å². The Kier molecular flexibility index (Phi) is 4.08. The zero-order chi connectivity index (χ0) is 14.7. The number of hydrogen-bond donors (Lipinski definition) is 1. The average Bonchev–Trinajstić information content (AvgIpc) is 3.18. The molecule has 0 aromatic heterocycles. The Morgan fingerprint density at radius 2 is 2.00 bits per heavy atom. The molecule has 1 aromatic rings. The Hall–Kier alpha value is -2.04. The third-order valence-electron chi connectivity index (χ3n) is 4.09. The summed E-state index contributed by atoms with van der Waals surface area (Å²) in [7, 11) is 1.63. The van der Waals surface area contributed by atoms with E-state index in [0.717, 1.165) is 29.9 Å². The second kappa shape index (κ2) is 6.16. The molecule has 0 radical (unpaired) electrons. The Balaban J connectivity index is 1.57. The number of methoxy groups -OCH3 is 1. The second-order valence-corrected chi connectivity index (χ2v) is 5.55. The van der Waals surface area contributed by atoms with Crippen molar-refractivity contribution in [3.8, 4) is 5.75 Å². The molecule has 0 bridgehead atoms. The summed E-state index contributed by atoms with van der Waals surface area (Å²) in [5.74, 6) is 0.753. The van der Waals surface area contributed by atoms with Crippen molar-refractivity contribution in [1.29, 1.82) is 0 Å². The molecule has 1 aliphatic carbocycles. The van der Waals surface area contributed by atoms with Crippen molar-refractivity contribution in [3.63, 3.8) is 0 Å². The van der Waals surface area contributed by atoms with Crippen LogP contribution in [0.3, 0.4) is 0 Å². The number of ether oxygens (including phenoxy) is 1. The lowest BCUT2D eigenvalue weighted by molar-refractivity contribution is -0.131. The van der Waals surface area contributed by atoms with Crippen molar-refractivity contribution in [2.75, 3.05) is 7.11 Å². The van der Waals surface area contributed by atoms with Crippen LogP contribution in [0.2, 0.25) is 0 Å². The van der Waals surface area contributed by atoms with Crippen LogP contribution in [-0.4, -0.2) is 30.9 Å². The zero-order valence-electron chi connectivity index (χ0n) is 12.2. The van der Waals surface area contributed by atoms with Gasteiger partial charge in [-0.2, -0.15) is 0 Å². The van der Waals surface area contributed by atoms with Gasteiger partial charge in [0, 0.05) is 12.5 Å². The summed E-state index contributed by atoms with van der Waals surface area (Å²) in [5.41, 5.74) is 1.77. The first-order valence-electron chi connectivity index (χ1n) is 7.44. The Bertz CT molecular complexity index is 533. The normalized spacial score (nSPS) is 21.8. The Morgan fingerprint density at radius 3 is 2.67 bits per heavy atom. The fourth-order valence-corrected chi connectivity index (χ4v) is 2.84. The standard InChI is InChI=1S/C16H20N2O3/c1-20-13-8-6-11(7-9-13)14-10-15(21-18-14)16(19)17-12-4-2-3-5-12/h6-9,12,15H,2-5,10H2,1H3,(H,17,19)/t15-/m1/s1. The highest BCUT2D eigenvalue weighted by molar-refractivity contribution is 6.04. The largest absolute Gasteiger partial charge is 0.497 e. The van der Waals surface area contributed by atoms with Gasteiger partial charge in [-0.3, -0.25) is 4.79 Å². The predicted octanol–water partition coefficient (Wildman–Crippen LogP) is 2.25. The van der Waals surface area contributed by atoms with Crippen LogP contribution in [0.15, 0.2) is 29.4 Å². The molecular weight excluding hydrogens is 268 g/mol. The SMILES string of the molecule is COc1ccc(C2=NO[C@@H](C(=O)NC3CCCC3)C2)cc1. The van der Waals surface area contributed by atoms with Gasteiger partial charge in [0.05, 0.1) is 12.8 Å². The number of amides is 1. The molecule has 0 saturated heterocycles. The predicted molar refractivity (Wildman–Crippen MR) is 79.4 cm³/mol. The molecule has 1 fully saturated rings. The van der Waals surface area contributed by atoms with Gasteiger partial charge < -0.3 is 14.9 Å². The van der Waals surface area contributed by atoms with Crippen molar-refractivity contribution < 1.29 is 14.4 Å². The van der Waals surface area contributed by atoms with E-state index in [-0.39, 0.29) is 5.91 Å². The molecule has 5 heteroatoms. The van der Waals surface area contributed by atoms with Crippen LogP contribution >= 0.6 is 0 Å². The van der Waals surface area contributed by atoms with E-state index in [0.29, 0.717) is 12.5 Å². The molecule has 112 valence electrons. The lowest BCUT2D eigenvalue weighted by Crippen LogP contribution is -2.40. The molecule has 1 saturated carbocycles. The zero-order valence-corrected chi connectivity index (χ0v) is 12.2. The highest BCUT2D eigenvalue weighted by Gasteiger charge is 2.30. The number of carbonyl (C=O) groups is 1. The van der Waals surface area contributed by atoms with Crippen LogP contribution < -0.4 is 10.1 Å². The van der Waals surface area contributed by atoms with E-state index in [9.17, 15) is 4.79 Å². The van der Waals surface area contributed by atoms with E-state index in [4.69, 9.17) is 9.57 Å². The van der Waals surface area contributed by atoms with Gasteiger partial charge in [-0.25, -0.2) is 0 Å². The second-order valence-electron chi connectivity index (χ2n) is 5.55. The highest BCUT2D eigenvalue weighted by atomic mass is 16.6. The molecule has 3 rings (SSSR count). The topological polar surface area (TPSA) is 59.9 Å². The van der Waals surface area contributed by atoms with Gasteiger partial charge in [0.1, 0.15) is 5.75 Å². The van der Waals surface area contributed by atoms with Crippen LogP contribution in [0.5, 0.6) is 5.75 Å². The van der Waals surface area contributed by atoms with Crippen LogP contribution in [0.1, 0.15) is 37.7 Å². The number of benzene rings is 1. The first kappa shape index (κ1) is 13.9. The summed E-state index contributed by atoms with van der Waals surface area (Å²) in [6, 6.07) is 7.93. The van der Waals surface area contributed by atoms with Gasteiger partial charge in [-0.05, 0) is 42.7 Å². The van der Waals surface area contributed by atoms with Crippen LogP contribution in [-0.2, 0) is 9.63 Å². The molecule has 1 N–H and O–H groups in total. The van der Waals surface area contributed by atoms with Gasteiger partial charge >= 0.3 is 0 Å². The summed E-state index contributed by atoms with van der Waals surface area (Å²) >= 11 is 0. The summed E-state index contributed by atoms with van der Waals surface area (Å²) in [6.45, 7) is 0. The van der Waals surface area contributed by atoms with Crippen LogP contribution in [0.25, 0.3) is 0 Å². The smallest absolute Gasteiger partial charge is 0.264 e. The van der Waals surface area contributed by atoms with Gasteiger partial charge in [-0.15, -0.1) is 0 Å². The molecule has 0 unspecified atom stereocenters. The number of carbonyl (C=O) groups excluding carboxylic acids is 1. The van der Waals surface area contributed by atoms with E-state index in [2.05, 4.69) is 10.5 Å². The molecule has 1 atom stereocenters. The van der Waals surface area contributed by atoms with Crippen molar-refractivity contribution in [3.05, 3.63) is 29.8 Å². The maximum Gasteiger partial charge on any atom is 0.264 e. The summed E-state index contributed by atoms with van der Waals surface area (Å²) in [5, 5.41) is 7.11. The highest BCUT2D eigenvalue weighted by Crippen LogP contribution is 2.21. The Morgan fingerprint density at radius 1 is 1.29 bits per heavy atom. The fourth-order valence-electron chi connectivity index (χ4n) is 2.84. The maximum atomic E-state index is 12.1. The number of nitrogens with one attached hydrogen (secondary N) is 1. The number of nitrogens with zero attached hydrogens (tertiary/aromatic N) is 1. The summed E-state index contributed by atoms with van der Waals surface area (Å²) in [6.07, 6.45) is 4.57. The van der Waals surface area contributed by atoms with Crippen molar-refractivity contribution in [2.45, 2.75) is 44.2 Å². The molecule has 21 heavy (non-hydrogen) atoms. The first-order chi connectivity index (χ1) is 10.3. The third kappa shape index (κ3) is 3.17. The lowest BCUT2D eigenvalue weighted by Gasteiger charge is -2.14. The molecule has 1 aliphatic heterocycles. The van der Waals surface area contributed by atoms with Crippen molar-refractivity contribution in [1.82, 2.24) is 5.32 Å². The fraction of sp³-hybridized carbons (Fsp3) is 0.500. The van der Waals surface area contributed by atoms with Crippen LogP contribution in [0.4, 0.5) is 0 Å². The van der Waals surface area contributed by atoms with E-state index in [1.807, 2.05) is 24.3 Å². The quantitative estimate of drug-likeness (QED) is 0.924. The van der Waals surface area contributed by atoms with Gasteiger partial charge in [0.15, 0.2) is 0 Å². The molecule has 1 amide bonds. The van der Waals surface area contributed by atoms with E-state index < -0.39 is 6.10 Å². The molecule has 1 heterocycles. The molecule has 2 aliphatic rings. The van der Waals surface area contributed by atoms with Crippen molar-refractivity contribution >= 4 is 11.6 Å².